The first-order valence-electron chi connectivity index (χ1n) is 3.00. The normalized spacial score (nSPS) is 10.0. The van der Waals surface area contributed by atoms with Crippen LogP contribution in [0, 0.1) is 6.92 Å². The highest BCUT2D eigenvalue weighted by Gasteiger charge is 2.06. The zero-order valence-corrected chi connectivity index (χ0v) is 6.67. The Morgan fingerprint density at radius 3 is 2.91 bits per heavy atom. The second-order valence-electron chi connectivity index (χ2n) is 2.14. The fourth-order valence-corrected chi connectivity index (χ4v) is 0.876. The number of aromatic nitrogens is 2. The largest absolute Gasteiger partial charge is 0.480 e. The second-order valence-corrected chi connectivity index (χ2v) is 2.50. The molecule has 0 unspecified atom stereocenters. The maximum Gasteiger partial charge on any atom is 0.323 e. The molecule has 0 bridgehead atoms. The monoisotopic (exact) mass is 174 g/mol. The number of carboxylic acid groups (broad SMARTS) is 1. The van der Waals surface area contributed by atoms with E-state index in [0.29, 0.717) is 10.8 Å². The number of hydrogen-bond acceptors (Lipinski definition) is 2. The highest BCUT2D eigenvalue weighted by atomic mass is 35.5. The highest BCUT2D eigenvalue weighted by Crippen LogP contribution is 2.12. The first kappa shape index (κ1) is 8.07. The summed E-state index contributed by atoms with van der Waals surface area (Å²) in [6.07, 6.45) is 1.41. The van der Waals surface area contributed by atoms with Crippen molar-refractivity contribution in [2.75, 3.05) is 0 Å². The molecule has 4 nitrogen and oxygen atoms in total. The Labute approximate surface area is 68.4 Å². The van der Waals surface area contributed by atoms with Gasteiger partial charge in [-0.05, 0) is 6.92 Å². The lowest BCUT2D eigenvalue weighted by Gasteiger charge is -1.97. The van der Waals surface area contributed by atoms with Crippen molar-refractivity contribution in [3.8, 4) is 0 Å². The lowest BCUT2D eigenvalue weighted by molar-refractivity contribution is -0.137. The van der Waals surface area contributed by atoms with Crippen molar-refractivity contribution in [3.05, 3.63) is 17.2 Å². The zero-order valence-electron chi connectivity index (χ0n) is 5.91. The Morgan fingerprint density at radius 2 is 2.55 bits per heavy atom. The molecule has 0 atom stereocenters. The van der Waals surface area contributed by atoms with E-state index in [1.807, 2.05) is 0 Å². The Kier molecular flexibility index (Phi) is 2.14. The molecule has 1 aromatic rings. The van der Waals surface area contributed by atoms with Crippen LogP contribution in [0.3, 0.4) is 0 Å². The van der Waals surface area contributed by atoms with Gasteiger partial charge in [-0.15, -0.1) is 0 Å². The molecule has 0 aliphatic rings. The first-order chi connectivity index (χ1) is 5.11. The Bertz CT molecular complexity index is 282. The van der Waals surface area contributed by atoms with Crippen LogP contribution in [0.2, 0.25) is 5.15 Å². The van der Waals surface area contributed by atoms with E-state index in [2.05, 4.69) is 4.98 Å². The van der Waals surface area contributed by atoms with Gasteiger partial charge in [-0.25, -0.2) is 4.98 Å². The van der Waals surface area contributed by atoms with Crippen molar-refractivity contribution in [1.29, 1.82) is 0 Å². The van der Waals surface area contributed by atoms with Gasteiger partial charge in [0.05, 0.1) is 12.0 Å². The van der Waals surface area contributed by atoms with E-state index in [1.165, 1.54) is 10.9 Å². The molecule has 1 aromatic heterocycles. The molecule has 1 heterocycles. The van der Waals surface area contributed by atoms with Gasteiger partial charge >= 0.3 is 5.97 Å². The SMILES string of the molecule is Cc1ncn(CC(=O)O)c1Cl. The average molecular weight is 175 g/mol. The van der Waals surface area contributed by atoms with Crippen LogP contribution < -0.4 is 0 Å². The van der Waals surface area contributed by atoms with Crippen molar-refractivity contribution < 1.29 is 9.90 Å². The molecule has 1 N–H and O–H groups in total. The second kappa shape index (κ2) is 2.92. The Hall–Kier alpha value is -1.03. The van der Waals surface area contributed by atoms with Crippen LogP contribution in [0.25, 0.3) is 0 Å². The van der Waals surface area contributed by atoms with Gasteiger partial charge in [-0.1, -0.05) is 11.6 Å². The molecule has 0 fully saturated rings. The van der Waals surface area contributed by atoms with Crippen molar-refractivity contribution in [1.82, 2.24) is 9.55 Å². The third-order valence-corrected chi connectivity index (χ3v) is 1.74. The first-order valence-corrected chi connectivity index (χ1v) is 3.38. The molecule has 0 spiro atoms. The fourth-order valence-electron chi connectivity index (χ4n) is 0.724. The standard InChI is InChI=1S/C6H7ClN2O2/c1-4-6(7)9(3-8-4)2-5(10)11/h3H,2H2,1H3,(H,10,11). The zero-order chi connectivity index (χ0) is 8.43. The number of hydrogen-bond donors (Lipinski definition) is 1. The quantitative estimate of drug-likeness (QED) is 0.726. The molecule has 5 heteroatoms. The lowest BCUT2D eigenvalue weighted by Crippen LogP contribution is -2.07. The van der Waals surface area contributed by atoms with Gasteiger partial charge < -0.3 is 9.67 Å². The van der Waals surface area contributed by atoms with Gasteiger partial charge in [-0.2, -0.15) is 0 Å². The summed E-state index contributed by atoms with van der Waals surface area (Å²) in [7, 11) is 0. The summed E-state index contributed by atoms with van der Waals surface area (Å²) in [5, 5.41) is 8.78. The van der Waals surface area contributed by atoms with E-state index >= 15 is 0 Å². The molecule has 0 aliphatic heterocycles. The Morgan fingerprint density at radius 1 is 1.91 bits per heavy atom. The van der Waals surface area contributed by atoms with Crippen LogP contribution in [0.15, 0.2) is 6.33 Å². The summed E-state index contributed by atoms with van der Waals surface area (Å²) in [6.45, 7) is 1.58. The minimum Gasteiger partial charge on any atom is -0.480 e. The van der Waals surface area contributed by atoms with E-state index in [0.717, 1.165) is 0 Å². The third kappa shape index (κ3) is 1.71. The van der Waals surface area contributed by atoms with E-state index < -0.39 is 5.97 Å². The van der Waals surface area contributed by atoms with E-state index in [4.69, 9.17) is 16.7 Å². The van der Waals surface area contributed by atoms with Gasteiger partial charge in [0, 0.05) is 0 Å². The van der Waals surface area contributed by atoms with Crippen LogP contribution >= 0.6 is 11.6 Å². The maximum absolute atomic E-state index is 10.2. The summed E-state index contributed by atoms with van der Waals surface area (Å²) in [5.41, 5.74) is 0.646. The van der Waals surface area contributed by atoms with Crippen LogP contribution in [-0.4, -0.2) is 20.6 Å². The summed E-state index contributed by atoms with van der Waals surface area (Å²) >= 11 is 5.69. The number of carboxylic acids is 1. The number of imidazole rings is 1. The van der Waals surface area contributed by atoms with Crippen molar-refractivity contribution in [2.24, 2.45) is 0 Å². The number of rotatable bonds is 2. The van der Waals surface area contributed by atoms with Gasteiger partial charge in [-0.3, -0.25) is 4.79 Å². The molecule has 0 aliphatic carbocycles. The number of carbonyl (C=O) groups is 1. The molecule has 0 saturated heterocycles. The molecule has 0 radical (unpaired) electrons. The number of halogens is 1. The highest BCUT2D eigenvalue weighted by molar-refractivity contribution is 6.30. The summed E-state index contributed by atoms with van der Waals surface area (Å²) in [4.78, 5) is 14.1. The van der Waals surface area contributed by atoms with E-state index in [-0.39, 0.29) is 6.54 Å². The van der Waals surface area contributed by atoms with Crippen LogP contribution in [-0.2, 0) is 11.3 Å². The molecule has 0 aromatic carbocycles. The fraction of sp³-hybridized carbons (Fsp3) is 0.333. The van der Waals surface area contributed by atoms with Crippen LogP contribution in [0.4, 0.5) is 0 Å². The van der Waals surface area contributed by atoms with E-state index in [9.17, 15) is 4.79 Å². The van der Waals surface area contributed by atoms with Crippen molar-refractivity contribution in [3.63, 3.8) is 0 Å². The number of nitrogens with zero attached hydrogens (tertiary/aromatic N) is 2. The third-order valence-electron chi connectivity index (χ3n) is 1.25. The molecule has 11 heavy (non-hydrogen) atoms. The van der Waals surface area contributed by atoms with Gasteiger partial charge in [0.15, 0.2) is 0 Å². The summed E-state index contributed by atoms with van der Waals surface area (Å²) in [5.74, 6) is -0.927. The minimum absolute atomic E-state index is 0.139. The number of aryl methyl sites for hydroxylation is 1. The summed E-state index contributed by atoms with van der Waals surface area (Å²) in [6, 6.07) is 0. The topological polar surface area (TPSA) is 55.1 Å². The maximum atomic E-state index is 10.2. The molecule has 0 amide bonds. The van der Waals surface area contributed by atoms with E-state index in [1.54, 1.807) is 6.92 Å². The molecular formula is C6H7ClN2O2. The minimum atomic E-state index is -0.927. The predicted molar refractivity (Wildman–Crippen MR) is 39.6 cm³/mol. The molecule has 1 rings (SSSR count). The van der Waals surface area contributed by atoms with Gasteiger partial charge in [0.25, 0.3) is 0 Å². The summed E-state index contributed by atoms with van der Waals surface area (Å²) < 4.78 is 1.37. The average Bonchev–Trinajstić information content (AvgIpc) is 2.18. The predicted octanol–water partition coefficient (Wildman–Crippen LogP) is 0.930. The molecular weight excluding hydrogens is 168 g/mol. The molecule has 0 saturated carbocycles. The number of aliphatic carboxylic acids is 1. The van der Waals surface area contributed by atoms with Gasteiger partial charge in [0.2, 0.25) is 0 Å². The van der Waals surface area contributed by atoms with Crippen molar-refractivity contribution >= 4 is 17.6 Å². The van der Waals surface area contributed by atoms with Gasteiger partial charge in [0.1, 0.15) is 11.7 Å². The smallest absolute Gasteiger partial charge is 0.323 e. The van der Waals surface area contributed by atoms with Crippen molar-refractivity contribution in [2.45, 2.75) is 13.5 Å². The lowest BCUT2D eigenvalue weighted by atomic mass is 10.5. The van der Waals surface area contributed by atoms with Crippen LogP contribution in [0.1, 0.15) is 5.69 Å². The molecule has 60 valence electrons. The van der Waals surface area contributed by atoms with Crippen LogP contribution in [0.5, 0.6) is 0 Å². The Balaban J connectivity index is 2.87.